The molecule has 1 amide bonds. The van der Waals surface area contributed by atoms with E-state index in [1.165, 1.54) is 0 Å². The monoisotopic (exact) mass is 257 g/mol. The Hall–Kier alpha value is -1.36. The molecule has 4 nitrogen and oxygen atoms in total. The minimum atomic E-state index is 0.0379. The highest BCUT2D eigenvalue weighted by molar-refractivity contribution is 6.30. The van der Waals surface area contributed by atoms with E-state index in [2.05, 4.69) is 24.1 Å². The van der Waals surface area contributed by atoms with Crippen molar-refractivity contribution < 1.29 is 4.79 Å². The van der Waals surface area contributed by atoms with Gasteiger partial charge < -0.3 is 10.2 Å². The highest BCUT2D eigenvalue weighted by Crippen LogP contribution is 2.15. The van der Waals surface area contributed by atoms with Crippen molar-refractivity contribution >= 4 is 19.3 Å². The van der Waals surface area contributed by atoms with Crippen LogP contribution in [-0.2, 0) is 0 Å². The van der Waals surface area contributed by atoms with Crippen LogP contribution in [0.15, 0.2) is 18.3 Å². The van der Waals surface area contributed by atoms with Crippen molar-refractivity contribution in [2.45, 2.75) is 26.3 Å². The molecule has 1 aromatic heterocycles. The molecule has 2 heterocycles. The molecule has 2 atom stereocenters. The van der Waals surface area contributed by atoms with Crippen molar-refractivity contribution in [1.29, 1.82) is 0 Å². The molecule has 1 aromatic rings. The van der Waals surface area contributed by atoms with Gasteiger partial charge in [-0.2, -0.15) is 0 Å². The number of carbonyl (C=O) groups excluding carboxylic acids is 1. The summed E-state index contributed by atoms with van der Waals surface area (Å²) in [6, 6.07) is 3.66. The maximum Gasteiger partial charge on any atom is 0.255 e. The third kappa shape index (κ3) is 3.56. The van der Waals surface area contributed by atoms with Crippen molar-refractivity contribution in [1.82, 2.24) is 15.2 Å². The highest BCUT2D eigenvalue weighted by atomic mass is 16.2. The van der Waals surface area contributed by atoms with Crippen LogP contribution < -0.4 is 10.9 Å². The molecule has 100 valence electrons. The molecule has 1 aliphatic rings. The van der Waals surface area contributed by atoms with Crippen molar-refractivity contribution in [3.63, 3.8) is 0 Å². The van der Waals surface area contributed by atoms with E-state index in [1.807, 2.05) is 4.90 Å². The van der Waals surface area contributed by atoms with Gasteiger partial charge in [0.15, 0.2) is 0 Å². The second-order valence-electron chi connectivity index (χ2n) is 5.36. The molecule has 1 aliphatic heterocycles. The smallest absolute Gasteiger partial charge is 0.255 e. The quantitative estimate of drug-likeness (QED) is 0.738. The first kappa shape index (κ1) is 14.1. The van der Waals surface area contributed by atoms with Gasteiger partial charge in [-0.05, 0) is 37.5 Å². The van der Waals surface area contributed by atoms with Crippen LogP contribution in [0.3, 0.4) is 0 Å². The van der Waals surface area contributed by atoms with Crippen LogP contribution in [0.1, 0.15) is 30.6 Å². The van der Waals surface area contributed by atoms with Gasteiger partial charge >= 0.3 is 0 Å². The lowest BCUT2D eigenvalue weighted by Crippen LogP contribution is -2.46. The number of aromatic nitrogens is 1. The molecular weight excluding hydrogens is 237 g/mol. The predicted octanol–water partition coefficient (Wildman–Crippen LogP) is 0.336. The molecule has 19 heavy (non-hydrogen) atoms. The van der Waals surface area contributed by atoms with E-state index in [0.29, 0.717) is 17.1 Å². The molecule has 1 fully saturated rings. The van der Waals surface area contributed by atoms with Gasteiger partial charge in [-0.15, -0.1) is 0 Å². The summed E-state index contributed by atoms with van der Waals surface area (Å²) in [5.74, 6) is 0.617. The lowest BCUT2D eigenvalue weighted by molar-refractivity contribution is 0.0656. The highest BCUT2D eigenvalue weighted by Gasteiger charge is 2.24. The number of pyridine rings is 1. The van der Waals surface area contributed by atoms with Crippen molar-refractivity contribution in [2.75, 3.05) is 19.6 Å². The second-order valence-corrected chi connectivity index (χ2v) is 5.36. The SMILES string of the molecule is [B]c1ccc(C(=O)N2CCNCC(C)CC2C)cn1. The van der Waals surface area contributed by atoms with Crippen molar-refractivity contribution in [3.8, 4) is 0 Å². The van der Waals surface area contributed by atoms with Gasteiger partial charge in [0.25, 0.3) is 5.91 Å². The van der Waals surface area contributed by atoms with Crippen molar-refractivity contribution in [2.24, 2.45) is 5.92 Å². The van der Waals surface area contributed by atoms with E-state index >= 15 is 0 Å². The van der Waals surface area contributed by atoms with E-state index in [4.69, 9.17) is 7.85 Å². The Morgan fingerprint density at radius 2 is 2.26 bits per heavy atom. The zero-order chi connectivity index (χ0) is 13.8. The summed E-state index contributed by atoms with van der Waals surface area (Å²) in [5, 5.41) is 3.37. The van der Waals surface area contributed by atoms with Gasteiger partial charge in [0.2, 0.25) is 0 Å². The number of carbonyl (C=O) groups is 1. The first-order chi connectivity index (χ1) is 9.08. The topological polar surface area (TPSA) is 45.2 Å². The number of hydrogen-bond donors (Lipinski definition) is 1. The molecule has 0 aliphatic carbocycles. The maximum atomic E-state index is 12.5. The Morgan fingerprint density at radius 3 is 2.95 bits per heavy atom. The summed E-state index contributed by atoms with van der Waals surface area (Å²) in [6.45, 7) is 6.92. The molecule has 0 aromatic carbocycles. The summed E-state index contributed by atoms with van der Waals surface area (Å²) < 4.78 is 0. The molecule has 0 spiro atoms. The van der Waals surface area contributed by atoms with Crippen LogP contribution in [0.2, 0.25) is 0 Å². The van der Waals surface area contributed by atoms with Gasteiger partial charge in [0.05, 0.1) is 5.56 Å². The minimum Gasteiger partial charge on any atom is -0.335 e. The summed E-state index contributed by atoms with van der Waals surface area (Å²) in [7, 11) is 5.55. The number of nitrogens with one attached hydrogen (secondary N) is 1. The second kappa shape index (κ2) is 6.19. The van der Waals surface area contributed by atoms with Crippen LogP contribution in [0.25, 0.3) is 0 Å². The first-order valence-electron chi connectivity index (χ1n) is 6.81. The third-order valence-electron chi connectivity index (χ3n) is 3.59. The predicted molar refractivity (Wildman–Crippen MR) is 76.8 cm³/mol. The lowest BCUT2D eigenvalue weighted by Gasteiger charge is -2.33. The van der Waals surface area contributed by atoms with Crippen LogP contribution in [0.4, 0.5) is 0 Å². The molecular formula is C14H20BN3O. The van der Waals surface area contributed by atoms with E-state index in [-0.39, 0.29) is 11.9 Å². The molecule has 0 saturated carbocycles. The van der Waals surface area contributed by atoms with Gasteiger partial charge in [-0.1, -0.05) is 13.0 Å². The Bertz CT molecular complexity index is 435. The molecule has 2 radical (unpaired) electrons. The Morgan fingerprint density at radius 1 is 1.47 bits per heavy atom. The lowest BCUT2D eigenvalue weighted by atomic mass is 9.99. The third-order valence-corrected chi connectivity index (χ3v) is 3.59. The number of nitrogens with zero attached hydrogens (tertiary/aromatic N) is 2. The number of rotatable bonds is 1. The zero-order valence-corrected chi connectivity index (χ0v) is 11.6. The average Bonchev–Trinajstić information content (AvgIpc) is 2.36. The Kier molecular flexibility index (Phi) is 4.58. The number of hydrogen-bond acceptors (Lipinski definition) is 3. The normalized spacial score (nSPS) is 24.6. The van der Waals surface area contributed by atoms with Crippen molar-refractivity contribution in [3.05, 3.63) is 23.9 Å². The molecule has 0 bridgehead atoms. The van der Waals surface area contributed by atoms with Gasteiger partial charge in [-0.25, -0.2) is 0 Å². The summed E-state index contributed by atoms with van der Waals surface area (Å²) >= 11 is 0. The largest absolute Gasteiger partial charge is 0.335 e. The van der Waals surface area contributed by atoms with E-state index in [0.717, 1.165) is 26.1 Å². The fraction of sp³-hybridized carbons (Fsp3) is 0.571. The van der Waals surface area contributed by atoms with Crippen LogP contribution in [-0.4, -0.2) is 49.3 Å². The fourth-order valence-corrected chi connectivity index (χ4v) is 2.56. The standard InChI is InChI=1S/C14H20BN3O/c1-10-7-11(2)18(6-5-16-8-10)14(19)12-3-4-13(15)17-9-12/h3-4,9-11,16H,5-8H2,1-2H3. The van der Waals surface area contributed by atoms with Crippen LogP contribution in [0, 0.1) is 5.92 Å². The Balaban J connectivity index is 2.13. The number of amides is 1. The van der Waals surface area contributed by atoms with Crippen LogP contribution in [0.5, 0.6) is 0 Å². The van der Waals surface area contributed by atoms with Gasteiger partial charge in [0.1, 0.15) is 7.85 Å². The van der Waals surface area contributed by atoms with Gasteiger partial charge in [-0.3, -0.25) is 9.78 Å². The molecule has 5 heteroatoms. The summed E-state index contributed by atoms with van der Waals surface area (Å²) in [4.78, 5) is 18.4. The van der Waals surface area contributed by atoms with E-state index in [9.17, 15) is 4.79 Å². The average molecular weight is 257 g/mol. The van der Waals surface area contributed by atoms with Crippen LogP contribution >= 0.6 is 0 Å². The fourth-order valence-electron chi connectivity index (χ4n) is 2.56. The van der Waals surface area contributed by atoms with E-state index < -0.39 is 0 Å². The zero-order valence-electron chi connectivity index (χ0n) is 11.6. The maximum absolute atomic E-state index is 12.5. The summed E-state index contributed by atoms with van der Waals surface area (Å²) in [5.41, 5.74) is 1.04. The summed E-state index contributed by atoms with van der Waals surface area (Å²) in [6.07, 6.45) is 2.57. The first-order valence-corrected chi connectivity index (χ1v) is 6.81. The minimum absolute atomic E-state index is 0.0379. The molecule has 1 saturated heterocycles. The van der Waals surface area contributed by atoms with E-state index in [1.54, 1.807) is 18.3 Å². The Labute approximate surface area is 116 Å². The molecule has 2 unspecified atom stereocenters. The molecule has 2 rings (SSSR count). The van der Waals surface area contributed by atoms with Gasteiger partial charge in [0, 0.05) is 25.3 Å². The molecule has 1 N–H and O–H groups in total.